The first-order valence-electron chi connectivity index (χ1n) is 11.0. The number of hydrogen-bond donors (Lipinski definition) is 1. The topological polar surface area (TPSA) is 86.8 Å². The second kappa shape index (κ2) is 10.5. The molecule has 7 nitrogen and oxygen atoms in total. The van der Waals surface area contributed by atoms with E-state index in [9.17, 15) is 21.2 Å². The van der Waals surface area contributed by atoms with E-state index in [1.807, 2.05) is 13.8 Å². The van der Waals surface area contributed by atoms with Crippen LogP contribution in [0.15, 0.2) is 53.4 Å². The quantitative estimate of drug-likeness (QED) is 0.573. The van der Waals surface area contributed by atoms with Gasteiger partial charge in [0.2, 0.25) is 20.0 Å². The van der Waals surface area contributed by atoms with Gasteiger partial charge < -0.3 is 5.32 Å². The van der Waals surface area contributed by atoms with Crippen LogP contribution < -0.4 is 5.32 Å². The van der Waals surface area contributed by atoms with E-state index in [0.29, 0.717) is 32.5 Å². The molecular weight excluding hydrogens is 465 g/mol. The molecule has 2 aromatic carbocycles. The molecular formula is C23H32FN3O4S2. The highest BCUT2D eigenvalue weighted by molar-refractivity contribution is 7.89. The number of nitrogens with one attached hydrogen (secondary N) is 1. The number of piperidine rings is 1. The Bertz CT molecular complexity index is 1130. The van der Waals surface area contributed by atoms with Gasteiger partial charge in [-0.3, -0.25) is 0 Å². The van der Waals surface area contributed by atoms with Gasteiger partial charge in [-0.2, -0.15) is 4.31 Å². The van der Waals surface area contributed by atoms with Crippen molar-refractivity contribution in [1.82, 2.24) is 8.61 Å². The molecule has 0 saturated carbocycles. The Balaban J connectivity index is 1.69. The van der Waals surface area contributed by atoms with E-state index in [2.05, 4.69) is 5.32 Å². The van der Waals surface area contributed by atoms with E-state index in [0.717, 1.165) is 11.3 Å². The van der Waals surface area contributed by atoms with E-state index in [-0.39, 0.29) is 29.2 Å². The fraction of sp³-hybridized carbons (Fsp3) is 0.478. The Morgan fingerprint density at radius 1 is 1.00 bits per heavy atom. The summed E-state index contributed by atoms with van der Waals surface area (Å²) in [4.78, 5) is 0.197. The third kappa shape index (κ3) is 6.99. The van der Waals surface area contributed by atoms with Gasteiger partial charge in [-0.05, 0) is 60.7 Å². The third-order valence-corrected chi connectivity index (χ3v) is 8.76. The van der Waals surface area contributed by atoms with Crippen molar-refractivity contribution in [3.05, 3.63) is 59.9 Å². The van der Waals surface area contributed by atoms with Crippen molar-refractivity contribution in [2.24, 2.45) is 5.92 Å². The fourth-order valence-corrected chi connectivity index (χ4v) is 6.35. The first kappa shape index (κ1) is 25.6. The third-order valence-electron chi connectivity index (χ3n) is 5.63. The van der Waals surface area contributed by atoms with Gasteiger partial charge >= 0.3 is 0 Å². The van der Waals surface area contributed by atoms with E-state index in [1.165, 1.54) is 27.0 Å². The summed E-state index contributed by atoms with van der Waals surface area (Å²) in [6, 6.07) is 12.6. The maximum Gasteiger partial charge on any atom is 0.243 e. The summed E-state index contributed by atoms with van der Waals surface area (Å²) in [5, 5.41) is 3.37. The van der Waals surface area contributed by atoms with Gasteiger partial charge in [0.15, 0.2) is 0 Å². The van der Waals surface area contributed by atoms with Crippen molar-refractivity contribution in [2.45, 2.75) is 44.2 Å². The summed E-state index contributed by atoms with van der Waals surface area (Å²) in [5.41, 5.74) is 1.51. The second-order valence-corrected chi connectivity index (χ2v) is 12.8. The monoisotopic (exact) mass is 497 g/mol. The SMILES string of the molecule is CC(C)CN(Cc1ccc(F)cc1)S(=O)(=O)c1ccc(NC2CCN(S(C)(=O)=O)CC2)cc1. The Hall–Kier alpha value is -2.01. The predicted molar refractivity (Wildman–Crippen MR) is 128 cm³/mol. The molecule has 1 N–H and O–H groups in total. The summed E-state index contributed by atoms with van der Waals surface area (Å²) in [6.07, 6.45) is 2.60. The largest absolute Gasteiger partial charge is 0.382 e. The predicted octanol–water partition coefficient (Wildman–Crippen LogP) is 3.51. The zero-order valence-corrected chi connectivity index (χ0v) is 20.9. The van der Waals surface area contributed by atoms with E-state index in [4.69, 9.17) is 0 Å². The average molecular weight is 498 g/mol. The van der Waals surface area contributed by atoms with Gasteiger partial charge in [0, 0.05) is 37.9 Å². The molecule has 33 heavy (non-hydrogen) atoms. The Kier molecular flexibility index (Phi) is 8.15. The molecule has 2 aromatic rings. The molecule has 0 amide bonds. The van der Waals surface area contributed by atoms with Crippen LogP contribution in [0.5, 0.6) is 0 Å². The molecule has 10 heteroatoms. The Labute approximate surface area is 196 Å². The molecule has 182 valence electrons. The molecule has 0 spiro atoms. The van der Waals surface area contributed by atoms with Crippen molar-refractivity contribution in [1.29, 1.82) is 0 Å². The molecule has 0 bridgehead atoms. The molecule has 0 aromatic heterocycles. The normalized spacial score (nSPS) is 16.4. The molecule has 1 saturated heterocycles. The van der Waals surface area contributed by atoms with Gasteiger partial charge in [-0.25, -0.2) is 25.5 Å². The number of sulfonamides is 2. The molecule has 1 aliphatic heterocycles. The maximum atomic E-state index is 13.3. The van der Waals surface area contributed by atoms with Crippen LogP contribution in [0, 0.1) is 11.7 Å². The molecule has 1 fully saturated rings. The number of hydrogen-bond acceptors (Lipinski definition) is 5. The summed E-state index contributed by atoms with van der Waals surface area (Å²) in [5.74, 6) is -0.235. The molecule has 1 aliphatic rings. The first-order chi connectivity index (χ1) is 15.4. The zero-order valence-electron chi connectivity index (χ0n) is 19.2. The lowest BCUT2D eigenvalue weighted by Crippen LogP contribution is -2.41. The number of rotatable bonds is 9. The van der Waals surface area contributed by atoms with Crippen LogP contribution in [-0.4, -0.2) is 57.4 Å². The number of anilines is 1. The summed E-state index contributed by atoms with van der Waals surface area (Å²) in [6.45, 7) is 5.36. The van der Waals surface area contributed by atoms with Crippen molar-refractivity contribution in [3.63, 3.8) is 0 Å². The van der Waals surface area contributed by atoms with Crippen LogP contribution in [-0.2, 0) is 26.6 Å². The Morgan fingerprint density at radius 2 is 1.58 bits per heavy atom. The average Bonchev–Trinajstić information content (AvgIpc) is 2.74. The molecule has 0 aliphatic carbocycles. The molecule has 0 radical (unpaired) electrons. The van der Waals surface area contributed by atoms with Gasteiger partial charge in [-0.1, -0.05) is 26.0 Å². The lowest BCUT2D eigenvalue weighted by atomic mass is 10.1. The fourth-order valence-electron chi connectivity index (χ4n) is 3.89. The van der Waals surface area contributed by atoms with Crippen LogP contribution in [0.3, 0.4) is 0 Å². The number of halogens is 1. The van der Waals surface area contributed by atoms with Gasteiger partial charge in [-0.15, -0.1) is 0 Å². The number of nitrogens with zero attached hydrogens (tertiary/aromatic N) is 2. The minimum atomic E-state index is -3.74. The standard InChI is InChI=1S/C23H32FN3O4S2/c1-18(2)16-27(17-19-4-6-20(24)7-5-19)33(30,31)23-10-8-21(9-11-23)25-22-12-14-26(15-13-22)32(3,28)29/h4-11,18,22,25H,12-17H2,1-3H3. The second-order valence-electron chi connectivity index (χ2n) is 8.92. The zero-order chi connectivity index (χ0) is 24.2. The van der Waals surface area contributed by atoms with Crippen LogP contribution in [0.2, 0.25) is 0 Å². The molecule has 1 heterocycles. The minimum absolute atomic E-state index is 0.124. The van der Waals surface area contributed by atoms with Crippen LogP contribution in [0.1, 0.15) is 32.3 Å². The van der Waals surface area contributed by atoms with Crippen molar-refractivity contribution < 1.29 is 21.2 Å². The first-order valence-corrected chi connectivity index (χ1v) is 14.3. The molecule has 0 atom stereocenters. The van der Waals surface area contributed by atoms with E-state index in [1.54, 1.807) is 36.4 Å². The van der Waals surface area contributed by atoms with Crippen LogP contribution in [0.4, 0.5) is 10.1 Å². The lowest BCUT2D eigenvalue weighted by molar-refractivity contribution is 0.332. The van der Waals surface area contributed by atoms with Gasteiger partial charge in [0.1, 0.15) is 5.82 Å². The summed E-state index contributed by atoms with van der Waals surface area (Å²) >= 11 is 0. The lowest BCUT2D eigenvalue weighted by Gasteiger charge is -2.31. The smallest absolute Gasteiger partial charge is 0.243 e. The van der Waals surface area contributed by atoms with E-state index < -0.39 is 20.0 Å². The highest BCUT2D eigenvalue weighted by Crippen LogP contribution is 2.24. The van der Waals surface area contributed by atoms with E-state index >= 15 is 0 Å². The summed E-state index contributed by atoms with van der Waals surface area (Å²) < 4.78 is 66.2. The minimum Gasteiger partial charge on any atom is -0.382 e. The van der Waals surface area contributed by atoms with Gasteiger partial charge in [0.25, 0.3) is 0 Å². The van der Waals surface area contributed by atoms with Crippen LogP contribution in [0.25, 0.3) is 0 Å². The summed E-state index contributed by atoms with van der Waals surface area (Å²) in [7, 11) is -6.91. The van der Waals surface area contributed by atoms with Crippen molar-refractivity contribution >= 4 is 25.7 Å². The number of benzene rings is 2. The van der Waals surface area contributed by atoms with Gasteiger partial charge in [0.05, 0.1) is 11.2 Å². The van der Waals surface area contributed by atoms with Crippen LogP contribution >= 0.6 is 0 Å². The van der Waals surface area contributed by atoms with Crippen molar-refractivity contribution in [2.75, 3.05) is 31.2 Å². The molecule has 0 unspecified atom stereocenters. The maximum absolute atomic E-state index is 13.3. The molecule has 3 rings (SSSR count). The van der Waals surface area contributed by atoms with Crippen molar-refractivity contribution in [3.8, 4) is 0 Å². The Morgan fingerprint density at radius 3 is 2.09 bits per heavy atom. The highest BCUT2D eigenvalue weighted by atomic mass is 32.2. The highest BCUT2D eigenvalue weighted by Gasteiger charge is 2.27.